The van der Waals surface area contributed by atoms with Gasteiger partial charge in [0.25, 0.3) is 0 Å². The molecule has 1 N–H and O–H groups in total. The monoisotopic (exact) mass is 188 g/mol. The van der Waals surface area contributed by atoms with Gasteiger partial charge < -0.3 is 14.6 Å². The van der Waals surface area contributed by atoms with Crippen LogP contribution >= 0.6 is 0 Å². The van der Waals surface area contributed by atoms with Gasteiger partial charge in [0.05, 0.1) is 25.7 Å². The molecular weight excluding hydrogens is 172 g/mol. The maximum Gasteiger partial charge on any atom is 0.305 e. The number of carboxylic acids is 1. The Kier molecular flexibility index (Phi) is 4.18. The molecule has 2 atom stereocenters. The highest BCUT2D eigenvalue weighted by atomic mass is 16.5. The molecule has 4 nitrogen and oxygen atoms in total. The molecule has 0 radical (unpaired) electrons. The summed E-state index contributed by atoms with van der Waals surface area (Å²) in [5.74, 6) is -0.355. The molecule has 0 aromatic rings. The van der Waals surface area contributed by atoms with E-state index in [0.717, 1.165) is 19.6 Å². The zero-order valence-corrected chi connectivity index (χ0v) is 7.86. The van der Waals surface area contributed by atoms with Gasteiger partial charge in [-0.1, -0.05) is 0 Å². The molecule has 0 aliphatic carbocycles. The fraction of sp³-hybridized carbons (Fsp3) is 0.889. The second kappa shape index (κ2) is 5.19. The van der Waals surface area contributed by atoms with Gasteiger partial charge >= 0.3 is 5.97 Å². The van der Waals surface area contributed by atoms with Crippen LogP contribution in [0.25, 0.3) is 0 Å². The first-order chi connectivity index (χ1) is 6.18. The van der Waals surface area contributed by atoms with E-state index in [-0.39, 0.29) is 12.5 Å². The van der Waals surface area contributed by atoms with Crippen molar-refractivity contribution in [3.05, 3.63) is 0 Å². The van der Waals surface area contributed by atoms with E-state index >= 15 is 0 Å². The van der Waals surface area contributed by atoms with Crippen molar-refractivity contribution >= 4 is 5.97 Å². The van der Waals surface area contributed by atoms with Crippen LogP contribution in [0.3, 0.4) is 0 Å². The average Bonchev–Trinajstić information content (AvgIpc) is 2.51. The molecule has 0 aromatic heterocycles. The van der Waals surface area contributed by atoms with Crippen molar-refractivity contribution in [3.63, 3.8) is 0 Å². The predicted octanol–water partition coefficient (Wildman–Crippen LogP) is 0.903. The molecule has 1 unspecified atom stereocenters. The minimum atomic E-state index is -0.810. The van der Waals surface area contributed by atoms with Crippen molar-refractivity contribution in [3.8, 4) is 0 Å². The van der Waals surface area contributed by atoms with Crippen LogP contribution in [0, 0.1) is 5.92 Å². The molecular formula is C9H16O4. The summed E-state index contributed by atoms with van der Waals surface area (Å²) in [5.41, 5.74) is 0. The molecule has 1 fully saturated rings. The smallest absolute Gasteiger partial charge is 0.305 e. The standard InChI is InChI=1S/C9H16O4/c1-7(4-9(10)11)13-6-8-2-3-12-5-8/h7-8H,2-6H2,1H3,(H,10,11)/t7-,8?/m1/s1. The van der Waals surface area contributed by atoms with E-state index < -0.39 is 5.97 Å². The van der Waals surface area contributed by atoms with E-state index in [2.05, 4.69) is 0 Å². The molecule has 4 heteroatoms. The second-order valence-electron chi connectivity index (χ2n) is 3.47. The van der Waals surface area contributed by atoms with Gasteiger partial charge in [-0.15, -0.1) is 0 Å². The largest absolute Gasteiger partial charge is 0.481 e. The minimum absolute atomic E-state index is 0.0770. The number of ether oxygens (including phenoxy) is 2. The molecule has 1 saturated heterocycles. The Balaban J connectivity index is 2.06. The Morgan fingerprint density at radius 1 is 1.77 bits per heavy atom. The lowest BCUT2D eigenvalue weighted by Gasteiger charge is -2.13. The number of aliphatic carboxylic acids is 1. The van der Waals surface area contributed by atoms with Crippen LogP contribution in [0.1, 0.15) is 19.8 Å². The van der Waals surface area contributed by atoms with Gasteiger partial charge in [-0.2, -0.15) is 0 Å². The Morgan fingerprint density at radius 3 is 3.08 bits per heavy atom. The van der Waals surface area contributed by atoms with Gasteiger partial charge in [0, 0.05) is 12.5 Å². The number of hydrogen-bond donors (Lipinski definition) is 1. The predicted molar refractivity (Wildman–Crippen MR) is 46.6 cm³/mol. The normalized spacial score (nSPS) is 24.5. The molecule has 1 aliphatic rings. The summed E-state index contributed by atoms with van der Waals surface area (Å²) in [7, 11) is 0. The first kappa shape index (κ1) is 10.5. The maximum atomic E-state index is 10.3. The van der Waals surface area contributed by atoms with Gasteiger partial charge in [0.15, 0.2) is 0 Å². The van der Waals surface area contributed by atoms with Crippen molar-refractivity contribution in [2.45, 2.75) is 25.9 Å². The van der Waals surface area contributed by atoms with Crippen LogP contribution in [0.2, 0.25) is 0 Å². The Bertz CT molecular complexity index is 163. The van der Waals surface area contributed by atoms with Crippen LogP contribution in [-0.4, -0.2) is 37.0 Å². The summed E-state index contributed by atoms with van der Waals surface area (Å²) in [6.07, 6.45) is 0.908. The SMILES string of the molecule is C[C@H](CC(=O)O)OCC1CCOC1. The topological polar surface area (TPSA) is 55.8 Å². The van der Waals surface area contributed by atoms with Crippen LogP contribution in [0.4, 0.5) is 0 Å². The highest BCUT2D eigenvalue weighted by Gasteiger charge is 2.17. The lowest BCUT2D eigenvalue weighted by molar-refractivity contribution is -0.140. The summed E-state index contributed by atoms with van der Waals surface area (Å²) in [4.78, 5) is 10.3. The zero-order chi connectivity index (χ0) is 9.68. The van der Waals surface area contributed by atoms with E-state index in [1.165, 1.54) is 0 Å². The molecule has 1 rings (SSSR count). The molecule has 1 aliphatic heterocycles. The van der Waals surface area contributed by atoms with Gasteiger partial charge in [-0.25, -0.2) is 0 Å². The van der Waals surface area contributed by atoms with Gasteiger partial charge in [-0.05, 0) is 13.3 Å². The van der Waals surface area contributed by atoms with E-state index in [1.807, 2.05) is 0 Å². The van der Waals surface area contributed by atoms with Crippen LogP contribution in [0.15, 0.2) is 0 Å². The lowest BCUT2D eigenvalue weighted by atomic mass is 10.1. The third kappa shape index (κ3) is 4.24. The maximum absolute atomic E-state index is 10.3. The number of rotatable bonds is 5. The first-order valence-electron chi connectivity index (χ1n) is 4.59. The molecule has 1 heterocycles. The van der Waals surface area contributed by atoms with Crippen molar-refractivity contribution in [1.29, 1.82) is 0 Å². The van der Waals surface area contributed by atoms with Crippen LogP contribution in [-0.2, 0) is 14.3 Å². The fourth-order valence-corrected chi connectivity index (χ4v) is 1.32. The van der Waals surface area contributed by atoms with E-state index in [1.54, 1.807) is 6.92 Å². The van der Waals surface area contributed by atoms with Gasteiger partial charge in [0.2, 0.25) is 0 Å². The molecule has 13 heavy (non-hydrogen) atoms. The second-order valence-corrected chi connectivity index (χ2v) is 3.47. The fourth-order valence-electron chi connectivity index (χ4n) is 1.32. The highest BCUT2D eigenvalue weighted by molar-refractivity contribution is 5.67. The van der Waals surface area contributed by atoms with Crippen LogP contribution in [0.5, 0.6) is 0 Å². The summed E-state index contributed by atoms with van der Waals surface area (Å²) in [5, 5.41) is 8.47. The quantitative estimate of drug-likeness (QED) is 0.696. The average molecular weight is 188 g/mol. The van der Waals surface area contributed by atoms with Gasteiger partial charge in [-0.3, -0.25) is 4.79 Å². The summed E-state index contributed by atoms with van der Waals surface area (Å²) < 4.78 is 10.6. The Labute approximate surface area is 77.8 Å². The van der Waals surface area contributed by atoms with Crippen molar-refractivity contribution in [2.24, 2.45) is 5.92 Å². The first-order valence-corrected chi connectivity index (χ1v) is 4.59. The van der Waals surface area contributed by atoms with E-state index in [0.29, 0.717) is 12.5 Å². The van der Waals surface area contributed by atoms with Crippen molar-refractivity contribution < 1.29 is 19.4 Å². The summed E-state index contributed by atoms with van der Waals surface area (Å²) in [6, 6.07) is 0. The third-order valence-electron chi connectivity index (χ3n) is 2.10. The Morgan fingerprint density at radius 2 is 2.54 bits per heavy atom. The van der Waals surface area contributed by atoms with E-state index in [9.17, 15) is 4.79 Å². The molecule has 0 saturated carbocycles. The molecule has 0 aromatic carbocycles. The van der Waals surface area contributed by atoms with Crippen molar-refractivity contribution in [2.75, 3.05) is 19.8 Å². The third-order valence-corrected chi connectivity index (χ3v) is 2.10. The lowest BCUT2D eigenvalue weighted by Crippen LogP contribution is -2.18. The highest BCUT2D eigenvalue weighted by Crippen LogP contribution is 2.13. The number of carbonyl (C=O) groups is 1. The Hall–Kier alpha value is -0.610. The summed E-state index contributed by atoms with van der Waals surface area (Å²) >= 11 is 0. The number of hydrogen-bond acceptors (Lipinski definition) is 3. The summed E-state index contributed by atoms with van der Waals surface area (Å²) in [6.45, 7) is 3.96. The molecule has 0 spiro atoms. The minimum Gasteiger partial charge on any atom is -0.481 e. The van der Waals surface area contributed by atoms with Crippen molar-refractivity contribution in [1.82, 2.24) is 0 Å². The van der Waals surface area contributed by atoms with E-state index in [4.69, 9.17) is 14.6 Å². The molecule has 0 bridgehead atoms. The number of carboxylic acid groups (broad SMARTS) is 1. The zero-order valence-electron chi connectivity index (χ0n) is 7.86. The van der Waals surface area contributed by atoms with Crippen LogP contribution < -0.4 is 0 Å². The molecule has 76 valence electrons. The van der Waals surface area contributed by atoms with Gasteiger partial charge in [0.1, 0.15) is 0 Å². The molecule has 0 amide bonds.